The minimum atomic E-state index is 0.409. The van der Waals surface area contributed by atoms with Gasteiger partial charge in [-0.1, -0.05) is 40.5 Å². The monoisotopic (exact) mass is 308 g/mol. The SMILES string of the molecule is CCC(CC)CCCC(=O)N1C[C@H]2CC[C@@H](C1)N2CC(C)C. The van der Waals surface area contributed by atoms with Crippen LogP contribution in [0.2, 0.25) is 0 Å². The second-order valence-corrected chi connectivity index (χ2v) is 7.85. The van der Waals surface area contributed by atoms with Gasteiger partial charge in [0.25, 0.3) is 0 Å². The molecule has 0 saturated carbocycles. The fourth-order valence-electron chi connectivity index (χ4n) is 4.31. The third-order valence-electron chi connectivity index (χ3n) is 5.72. The van der Waals surface area contributed by atoms with Crippen LogP contribution < -0.4 is 0 Å². The normalized spacial score (nSPS) is 25.5. The van der Waals surface area contributed by atoms with Gasteiger partial charge in [-0.2, -0.15) is 0 Å². The van der Waals surface area contributed by atoms with E-state index in [9.17, 15) is 4.79 Å². The van der Waals surface area contributed by atoms with Crippen molar-refractivity contribution in [1.82, 2.24) is 9.80 Å². The summed E-state index contributed by atoms with van der Waals surface area (Å²) in [5, 5.41) is 0. The summed E-state index contributed by atoms with van der Waals surface area (Å²) < 4.78 is 0. The maximum Gasteiger partial charge on any atom is 0.222 e. The van der Waals surface area contributed by atoms with Crippen molar-refractivity contribution < 1.29 is 4.79 Å². The molecule has 2 atom stereocenters. The number of piperazine rings is 1. The average molecular weight is 309 g/mol. The molecule has 2 fully saturated rings. The Hall–Kier alpha value is -0.570. The first kappa shape index (κ1) is 17.8. The van der Waals surface area contributed by atoms with Crippen molar-refractivity contribution in [3.05, 3.63) is 0 Å². The molecule has 22 heavy (non-hydrogen) atoms. The highest BCUT2D eigenvalue weighted by molar-refractivity contribution is 5.76. The Labute approximate surface area is 137 Å². The number of rotatable bonds is 8. The van der Waals surface area contributed by atoms with E-state index in [0.717, 1.165) is 37.8 Å². The fourth-order valence-corrected chi connectivity index (χ4v) is 4.31. The van der Waals surface area contributed by atoms with E-state index in [1.807, 2.05) is 0 Å². The van der Waals surface area contributed by atoms with Crippen molar-refractivity contribution in [2.75, 3.05) is 19.6 Å². The van der Waals surface area contributed by atoms with Crippen LogP contribution in [0.4, 0.5) is 0 Å². The van der Waals surface area contributed by atoms with Gasteiger partial charge in [0.15, 0.2) is 0 Å². The van der Waals surface area contributed by atoms with E-state index in [4.69, 9.17) is 0 Å². The average Bonchev–Trinajstić information content (AvgIpc) is 2.73. The first-order valence-corrected chi connectivity index (χ1v) is 9.58. The molecular formula is C19H36N2O. The summed E-state index contributed by atoms with van der Waals surface area (Å²) in [6, 6.07) is 1.26. The number of hydrogen-bond donors (Lipinski definition) is 0. The van der Waals surface area contributed by atoms with Crippen molar-refractivity contribution in [3.8, 4) is 0 Å². The van der Waals surface area contributed by atoms with Crippen LogP contribution in [0.5, 0.6) is 0 Å². The predicted molar refractivity (Wildman–Crippen MR) is 92.9 cm³/mol. The number of nitrogens with zero attached hydrogens (tertiary/aromatic N) is 2. The van der Waals surface area contributed by atoms with Gasteiger partial charge in [0, 0.05) is 38.1 Å². The fraction of sp³-hybridized carbons (Fsp3) is 0.947. The van der Waals surface area contributed by atoms with Crippen LogP contribution in [0.25, 0.3) is 0 Å². The van der Waals surface area contributed by atoms with Gasteiger partial charge in [0.1, 0.15) is 0 Å². The topological polar surface area (TPSA) is 23.6 Å². The first-order valence-electron chi connectivity index (χ1n) is 9.58. The van der Waals surface area contributed by atoms with Crippen molar-refractivity contribution in [3.63, 3.8) is 0 Å². The first-order chi connectivity index (χ1) is 10.5. The van der Waals surface area contributed by atoms with Crippen LogP contribution in [-0.4, -0.2) is 47.4 Å². The molecule has 2 rings (SSSR count). The molecule has 1 amide bonds. The van der Waals surface area contributed by atoms with E-state index >= 15 is 0 Å². The van der Waals surface area contributed by atoms with E-state index in [0.29, 0.717) is 18.0 Å². The molecule has 3 heteroatoms. The molecule has 2 aliphatic rings. The highest BCUT2D eigenvalue weighted by Crippen LogP contribution is 2.31. The van der Waals surface area contributed by atoms with Gasteiger partial charge in [-0.25, -0.2) is 0 Å². The van der Waals surface area contributed by atoms with Gasteiger partial charge in [0.05, 0.1) is 0 Å². The lowest BCUT2D eigenvalue weighted by atomic mass is 9.96. The number of hydrogen-bond acceptors (Lipinski definition) is 2. The minimum Gasteiger partial charge on any atom is -0.340 e. The van der Waals surface area contributed by atoms with Crippen molar-refractivity contribution in [2.45, 2.75) is 84.7 Å². The van der Waals surface area contributed by atoms with Crippen LogP contribution in [0.15, 0.2) is 0 Å². The zero-order valence-electron chi connectivity index (χ0n) is 15.2. The predicted octanol–water partition coefficient (Wildman–Crippen LogP) is 3.92. The second-order valence-electron chi connectivity index (χ2n) is 7.85. The molecule has 0 radical (unpaired) electrons. The number of likely N-dealkylation sites (tertiary alicyclic amines) is 1. The summed E-state index contributed by atoms with van der Waals surface area (Å²) in [4.78, 5) is 17.4. The van der Waals surface area contributed by atoms with Crippen LogP contribution in [-0.2, 0) is 4.79 Å². The molecule has 0 N–H and O–H groups in total. The summed E-state index contributed by atoms with van der Waals surface area (Å²) in [5.74, 6) is 1.95. The van der Waals surface area contributed by atoms with Gasteiger partial charge in [-0.05, 0) is 37.5 Å². The summed E-state index contributed by atoms with van der Waals surface area (Å²) in [5.41, 5.74) is 0. The zero-order valence-corrected chi connectivity index (χ0v) is 15.2. The molecule has 2 saturated heterocycles. The third-order valence-corrected chi connectivity index (χ3v) is 5.72. The lowest BCUT2D eigenvalue weighted by Gasteiger charge is -2.42. The molecule has 128 valence electrons. The lowest BCUT2D eigenvalue weighted by molar-refractivity contribution is -0.134. The van der Waals surface area contributed by atoms with Gasteiger partial charge in [0.2, 0.25) is 5.91 Å². The molecule has 2 aliphatic heterocycles. The zero-order chi connectivity index (χ0) is 16.1. The molecule has 0 aromatic carbocycles. The molecular weight excluding hydrogens is 272 g/mol. The summed E-state index contributed by atoms with van der Waals surface area (Å²) >= 11 is 0. The molecule has 0 spiro atoms. The van der Waals surface area contributed by atoms with Gasteiger partial charge in [-0.3, -0.25) is 9.69 Å². The Morgan fingerprint density at radius 2 is 1.68 bits per heavy atom. The quantitative estimate of drug-likeness (QED) is 0.678. The molecule has 3 nitrogen and oxygen atoms in total. The van der Waals surface area contributed by atoms with Crippen LogP contribution in [0.3, 0.4) is 0 Å². The molecule has 0 aromatic rings. The molecule has 0 unspecified atom stereocenters. The van der Waals surface area contributed by atoms with Crippen molar-refractivity contribution in [2.24, 2.45) is 11.8 Å². The largest absolute Gasteiger partial charge is 0.340 e. The third kappa shape index (κ3) is 4.47. The van der Waals surface area contributed by atoms with E-state index in [1.165, 1.54) is 38.6 Å². The number of carbonyl (C=O) groups excluding carboxylic acids is 1. The highest BCUT2D eigenvalue weighted by atomic mass is 16.2. The summed E-state index contributed by atoms with van der Waals surface area (Å²) in [7, 11) is 0. The van der Waals surface area contributed by atoms with Crippen molar-refractivity contribution in [1.29, 1.82) is 0 Å². The molecule has 0 aromatic heterocycles. The minimum absolute atomic E-state index is 0.409. The van der Waals surface area contributed by atoms with Crippen LogP contribution >= 0.6 is 0 Å². The molecule has 2 heterocycles. The standard InChI is InChI=1S/C19H36N2O/c1-5-16(6-2)8-7-9-19(22)20-13-17-10-11-18(14-20)21(17)12-15(3)4/h15-18H,5-14H2,1-4H3/t17-,18+. The number of amides is 1. The highest BCUT2D eigenvalue weighted by Gasteiger charge is 2.40. The van der Waals surface area contributed by atoms with E-state index < -0.39 is 0 Å². The van der Waals surface area contributed by atoms with Gasteiger partial charge in [-0.15, -0.1) is 0 Å². The smallest absolute Gasteiger partial charge is 0.222 e. The van der Waals surface area contributed by atoms with E-state index in [2.05, 4.69) is 37.5 Å². The van der Waals surface area contributed by atoms with E-state index in [1.54, 1.807) is 0 Å². The van der Waals surface area contributed by atoms with Crippen LogP contribution in [0, 0.1) is 11.8 Å². The Balaban J connectivity index is 1.77. The Kier molecular flexibility index (Phi) is 6.73. The molecule has 0 aliphatic carbocycles. The Bertz CT molecular complexity index is 337. The lowest BCUT2D eigenvalue weighted by Crippen LogP contribution is -2.56. The Morgan fingerprint density at radius 3 is 2.18 bits per heavy atom. The number of fused-ring (bicyclic) bond motifs is 2. The van der Waals surface area contributed by atoms with Gasteiger partial charge >= 0.3 is 0 Å². The Morgan fingerprint density at radius 1 is 1.09 bits per heavy atom. The van der Waals surface area contributed by atoms with E-state index in [-0.39, 0.29) is 0 Å². The summed E-state index contributed by atoms with van der Waals surface area (Å²) in [6.45, 7) is 12.3. The number of carbonyl (C=O) groups is 1. The summed E-state index contributed by atoms with van der Waals surface area (Å²) in [6.07, 6.45) is 8.14. The van der Waals surface area contributed by atoms with Crippen LogP contribution in [0.1, 0.15) is 72.6 Å². The second kappa shape index (κ2) is 8.33. The maximum atomic E-state index is 12.5. The maximum absolute atomic E-state index is 12.5. The van der Waals surface area contributed by atoms with Gasteiger partial charge < -0.3 is 4.90 Å². The van der Waals surface area contributed by atoms with Crippen molar-refractivity contribution >= 4 is 5.91 Å². The molecule has 2 bridgehead atoms.